The summed E-state index contributed by atoms with van der Waals surface area (Å²) in [6, 6.07) is 18.1. The molecule has 4 rings (SSSR count). The third kappa shape index (κ3) is 4.26. The van der Waals surface area contributed by atoms with Crippen LogP contribution in [0.15, 0.2) is 71.2 Å². The second kappa shape index (κ2) is 7.99. The Bertz CT molecular complexity index is 1140. The van der Waals surface area contributed by atoms with Crippen LogP contribution < -0.4 is 10.1 Å². The number of carbonyl (C=O) groups is 1. The Morgan fingerprint density at radius 3 is 2.47 bits per heavy atom. The molecule has 0 radical (unpaired) electrons. The van der Waals surface area contributed by atoms with Crippen LogP contribution in [0.4, 0.5) is 18.9 Å². The smallest absolute Gasteiger partial charge is 0.416 e. The zero-order chi connectivity index (χ0) is 21.3. The van der Waals surface area contributed by atoms with E-state index in [-0.39, 0.29) is 5.69 Å². The van der Waals surface area contributed by atoms with Crippen LogP contribution in [0.2, 0.25) is 0 Å². The van der Waals surface area contributed by atoms with Crippen molar-refractivity contribution in [2.24, 2.45) is 0 Å². The molecule has 0 aliphatic carbocycles. The highest BCUT2D eigenvalue weighted by atomic mass is 79.9. The van der Waals surface area contributed by atoms with Crippen molar-refractivity contribution in [2.75, 3.05) is 5.32 Å². The van der Waals surface area contributed by atoms with Crippen LogP contribution in [0.5, 0.6) is 5.75 Å². The van der Waals surface area contributed by atoms with Gasteiger partial charge in [0.15, 0.2) is 0 Å². The van der Waals surface area contributed by atoms with E-state index in [4.69, 9.17) is 4.74 Å². The molecule has 0 aromatic heterocycles. The highest BCUT2D eigenvalue weighted by Gasteiger charge is 2.33. The SMILES string of the molecule is O=C1Nc2cc(C(F)(F)F)ccc2/C1=C/c1ccccc1OCc1ccc(Br)cc1. The fourth-order valence-electron chi connectivity index (χ4n) is 3.14. The number of para-hydroxylation sites is 1. The number of anilines is 1. The number of halogens is 4. The fourth-order valence-corrected chi connectivity index (χ4v) is 3.41. The Balaban J connectivity index is 1.63. The molecule has 3 aromatic carbocycles. The lowest BCUT2D eigenvalue weighted by Crippen LogP contribution is -2.06. The first-order chi connectivity index (χ1) is 14.3. The first-order valence-electron chi connectivity index (χ1n) is 9.02. The monoisotopic (exact) mass is 473 g/mol. The number of amides is 1. The van der Waals surface area contributed by atoms with Gasteiger partial charge in [-0.05, 0) is 42.0 Å². The summed E-state index contributed by atoms with van der Waals surface area (Å²) in [6.45, 7) is 0.338. The zero-order valence-electron chi connectivity index (χ0n) is 15.5. The first kappa shape index (κ1) is 20.2. The minimum atomic E-state index is -4.47. The third-order valence-electron chi connectivity index (χ3n) is 4.66. The number of rotatable bonds is 4. The van der Waals surface area contributed by atoms with E-state index in [1.807, 2.05) is 30.3 Å². The second-order valence-electron chi connectivity index (χ2n) is 6.72. The van der Waals surface area contributed by atoms with Gasteiger partial charge in [0, 0.05) is 26.9 Å². The molecule has 152 valence electrons. The topological polar surface area (TPSA) is 38.3 Å². The maximum Gasteiger partial charge on any atom is 0.416 e. The van der Waals surface area contributed by atoms with E-state index in [0.29, 0.717) is 29.1 Å². The minimum absolute atomic E-state index is 0.148. The molecule has 1 amide bonds. The summed E-state index contributed by atoms with van der Waals surface area (Å²) >= 11 is 3.39. The van der Waals surface area contributed by atoms with Crippen LogP contribution in [0, 0.1) is 0 Å². The minimum Gasteiger partial charge on any atom is -0.488 e. The van der Waals surface area contributed by atoms with Crippen molar-refractivity contribution in [3.8, 4) is 5.75 Å². The summed E-state index contributed by atoms with van der Waals surface area (Å²) in [4.78, 5) is 12.4. The Hall–Kier alpha value is -3.06. The van der Waals surface area contributed by atoms with Gasteiger partial charge in [0.05, 0.1) is 5.56 Å². The Kier molecular flexibility index (Phi) is 5.39. The predicted octanol–water partition coefficient (Wildman–Crippen LogP) is 6.54. The molecule has 7 heteroatoms. The molecule has 0 spiro atoms. The van der Waals surface area contributed by atoms with E-state index < -0.39 is 17.6 Å². The maximum absolute atomic E-state index is 13.0. The number of hydrogen-bond donors (Lipinski definition) is 1. The first-order valence-corrected chi connectivity index (χ1v) is 9.81. The van der Waals surface area contributed by atoms with Crippen LogP contribution in [-0.4, -0.2) is 5.91 Å². The van der Waals surface area contributed by atoms with Gasteiger partial charge in [-0.15, -0.1) is 0 Å². The normalized spacial score (nSPS) is 14.5. The molecule has 0 fully saturated rings. The Morgan fingerprint density at radius 1 is 1.00 bits per heavy atom. The molecule has 1 aliphatic heterocycles. The van der Waals surface area contributed by atoms with Crippen LogP contribution in [0.25, 0.3) is 11.6 Å². The summed E-state index contributed by atoms with van der Waals surface area (Å²) in [7, 11) is 0. The van der Waals surface area contributed by atoms with Gasteiger partial charge in [-0.3, -0.25) is 4.79 Å². The number of carbonyl (C=O) groups excluding carboxylic acids is 1. The molecule has 0 saturated carbocycles. The lowest BCUT2D eigenvalue weighted by Gasteiger charge is -2.10. The van der Waals surface area contributed by atoms with Crippen molar-refractivity contribution in [1.82, 2.24) is 0 Å². The molecule has 0 unspecified atom stereocenters. The van der Waals surface area contributed by atoms with E-state index in [9.17, 15) is 18.0 Å². The average molecular weight is 474 g/mol. The van der Waals surface area contributed by atoms with Crippen LogP contribution >= 0.6 is 15.9 Å². The Labute approximate surface area is 179 Å². The van der Waals surface area contributed by atoms with Gasteiger partial charge in [0.1, 0.15) is 12.4 Å². The van der Waals surface area contributed by atoms with E-state index in [2.05, 4.69) is 21.2 Å². The van der Waals surface area contributed by atoms with Gasteiger partial charge in [-0.2, -0.15) is 13.2 Å². The highest BCUT2D eigenvalue weighted by molar-refractivity contribution is 9.10. The number of hydrogen-bond acceptors (Lipinski definition) is 2. The van der Waals surface area contributed by atoms with E-state index in [1.54, 1.807) is 24.3 Å². The van der Waals surface area contributed by atoms with Crippen LogP contribution in [-0.2, 0) is 17.6 Å². The van der Waals surface area contributed by atoms with E-state index in [1.165, 1.54) is 6.07 Å². The van der Waals surface area contributed by atoms with Crippen molar-refractivity contribution in [2.45, 2.75) is 12.8 Å². The molecule has 0 bridgehead atoms. The molecular formula is C23H15BrF3NO2. The third-order valence-corrected chi connectivity index (χ3v) is 5.19. The van der Waals surface area contributed by atoms with E-state index in [0.717, 1.165) is 22.2 Å². The van der Waals surface area contributed by atoms with Gasteiger partial charge >= 0.3 is 6.18 Å². The highest BCUT2D eigenvalue weighted by Crippen LogP contribution is 2.39. The summed E-state index contributed by atoms with van der Waals surface area (Å²) in [6.07, 6.45) is -2.84. The van der Waals surface area contributed by atoms with Crippen molar-refractivity contribution < 1.29 is 22.7 Å². The molecule has 0 atom stereocenters. The number of benzene rings is 3. The molecule has 1 aliphatic rings. The van der Waals surface area contributed by atoms with Gasteiger partial charge in [-0.25, -0.2) is 0 Å². The number of alkyl halides is 3. The largest absolute Gasteiger partial charge is 0.488 e. The van der Waals surface area contributed by atoms with Gasteiger partial charge < -0.3 is 10.1 Å². The van der Waals surface area contributed by atoms with Crippen LogP contribution in [0.1, 0.15) is 22.3 Å². The molecular weight excluding hydrogens is 459 g/mol. The summed E-state index contributed by atoms with van der Waals surface area (Å²) in [5.41, 5.74) is 1.70. The Morgan fingerprint density at radius 2 is 1.73 bits per heavy atom. The summed E-state index contributed by atoms with van der Waals surface area (Å²) in [5, 5.41) is 2.51. The summed E-state index contributed by atoms with van der Waals surface area (Å²) in [5.74, 6) is 0.119. The van der Waals surface area contributed by atoms with E-state index >= 15 is 0 Å². The quantitative estimate of drug-likeness (QED) is 0.436. The second-order valence-corrected chi connectivity index (χ2v) is 7.64. The molecule has 30 heavy (non-hydrogen) atoms. The van der Waals surface area contributed by atoms with Crippen LogP contribution in [0.3, 0.4) is 0 Å². The zero-order valence-corrected chi connectivity index (χ0v) is 17.0. The number of ether oxygens (including phenoxy) is 1. The molecule has 3 nitrogen and oxygen atoms in total. The van der Waals surface area contributed by atoms with Gasteiger partial charge in [0.2, 0.25) is 0 Å². The van der Waals surface area contributed by atoms with Crippen molar-refractivity contribution in [3.05, 3.63) is 93.5 Å². The van der Waals surface area contributed by atoms with Crippen molar-refractivity contribution in [3.63, 3.8) is 0 Å². The standard InChI is InChI=1S/C23H15BrF3NO2/c24-17-8-5-14(6-9-17)13-30-21-4-2-1-3-15(21)11-19-18-10-7-16(23(25,26)27)12-20(18)28-22(19)29/h1-12H,13H2,(H,28,29)/b19-11-. The predicted molar refractivity (Wildman–Crippen MR) is 113 cm³/mol. The van der Waals surface area contributed by atoms with Crippen molar-refractivity contribution >= 4 is 39.2 Å². The van der Waals surface area contributed by atoms with Gasteiger partial charge in [0.25, 0.3) is 5.91 Å². The molecule has 3 aromatic rings. The fraction of sp³-hybridized carbons (Fsp3) is 0.0870. The number of nitrogens with one attached hydrogen (secondary N) is 1. The molecule has 0 saturated heterocycles. The van der Waals surface area contributed by atoms with Gasteiger partial charge in [-0.1, -0.05) is 52.3 Å². The summed E-state index contributed by atoms with van der Waals surface area (Å²) < 4.78 is 45.7. The lowest BCUT2D eigenvalue weighted by molar-refractivity contribution is -0.137. The van der Waals surface area contributed by atoms with Crippen molar-refractivity contribution in [1.29, 1.82) is 0 Å². The molecule has 1 heterocycles. The number of fused-ring (bicyclic) bond motifs is 1. The lowest BCUT2D eigenvalue weighted by atomic mass is 10.0. The maximum atomic E-state index is 13.0. The average Bonchev–Trinajstić information content (AvgIpc) is 3.02. The molecule has 1 N–H and O–H groups in total.